The molecule has 0 spiro atoms. The van der Waals surface area contributed by atoms with E-state index in [9.17, 15) is 8.42 Å². The molecular formula is C11H20N4O3S. The fraction of sp³-hybridized carbons (Fsp3) is 0.818. The van der Waals surface area contributed by atoms with Crippen molar-refractivity contribution in [3.8, 4) is 0 Å². The van der Waals surface area contributed by atoms with Crippen LogP contribution in [0.4, 0.5) is 0 Å². The number of nitrogens with one attached hydrogen (secondary N) is 1. The van der Waals surface area contributed by atoms with E-state index < -0.39 is 9.84 Å². The number of nitrogens with zero attached hydrogens (tertiary/aromatic N) is 3. The third-order valence-corrected chi connectivity index (χ3v) is 5.03. The molecule has 7 nitrogen and oxygen atoms in total. The molecular weight excluding hydrogens is 268 g/mol. The topological polar surface area (TPSA) is 97.1 Å². The first-order valence-corrected chi connectivity index (χ1v) is 8.32. The van der Waals surface area contributed by atoms with Gasteiger partial charge >= 0.3 is 0 Å². The van der Waals surface area contributed by atoms with Gasteiger partial charge in [-0.05, 0) is 25.3 Å². The molecule has 1 aromatic rings. The summed E-state index contributed by atoms with van der Waals surface area (Å²) in [5.41, 5.74) is 0.832. The Kier molecular flexibility index (Phi) is 4.89. The Bertz CT molecular complexity index is 500. The Morgan fingerprint density at radius 2 is 2.37 bits per heavy atom. The van der Waals surface area contributed by atoms with E-state index in [2.05, 4.69) is 15.6 Å². The first-order chi connectivity index (χ1) is 9.09. The molecule has 0 bridgehead atoms. The molecule has 0 aliphatic carbocycles. The van der Waals surface area contributed by atoms with Gasteiger partial charge in [0.25, 0.3) is 0 Å². The Morgan fingerprint density at radius 1 is 1.53 bits per heavy atom. The lowest BCUT2D eigenvalue weighted by Crippen LogP contribution is -2.23. The predicted molar refractivity (Wildman–Crippen MR) is 70.2 cm³/mol. The maximum atomic E-state index is 11.3. The van der Waals surface area contributed by atoms with Crippen LogP contribution in [0.25, 0.3) is 0 Å². The van der Waals surface area contributed by atoms with Gasteiger partial charge in [0.1, 0.15) is 0 Å². The smallest absolute Gasteiger partial charge is 0.150 e. The minimum absolute atomic E-state index is 0.142. The summed E-state index contributed by atoms with van der Waals surface area (Å²) in [7, 11) is -2.79. The Hall–Kier alpha value is -0.990. The van der Waals surface area contributed by atoms with Crippen molar-refractivity contribution in [2.24, 2.45) is 5.92 Å². The highest BCUT2D eigenvalue weighted by molar-refractivity contribution is 7.91. The molecule has 8 heteroatoms. The average molecular weight is 288 g/mol. The standard InChI is InChI=1S/C11H20N4O3S/c16-4-1-3-15-8-11(13-14-15)7-12-6-10-2-5-19(17,18)9-10/h8,10,12,16H,1-7,9H2. The van der Waals surface area contributed by atoms with Crippen LogP contribution in [0.2, 0.25) is 0 Å². The van der Waals surface area contributed by atoms with Crippen LogP contribution in [0, 0.1) is 5.92 Å². The summed E-state index contributed by atoms with van der Waals surface area (Å²) < 4.78 is 24.3. The lowest BCUT2D eigenvalue weighted by molar-refractivity contribution is 0.276. The van der Waals surface area contributed by atoms with Crippen LogP contribution in [-0.4, -0.2) is 53.2 Å². The van der Waals surface area contributed by atoms with Crippen LogP contribution in [0.5, 0.6) is 0 Å². The van der Waals surface area contributed by atoms with E-state index >= 15 is 0 Å². The number of rotatable bonds is 7. The lowest BCUT2D eigenvalue weighted by atomic mass is 10.1. The van der Waals surface area contributed by atoms with Crippen molar-refractivity contribution in [3.05, 3.63) is 11.9 Å². The summed E-state index contributed by atoms with van der Waals surface area (Å²) in [5.74, 6) is 0.828. The summed E-state index contributed by atoms with van der Waals surface area (Å²) in [4.78, 5) is 0. The zero-order valence-electron chi connectivity index (χ0n) is 10.8. The van der Waals surface area contributed by atoms with Crippen molar-refractivity contribution in [3.63, 3.8) is 0 Å². The van der Waals surface area contributed by atoms with Crippen molar-refractivity contribution in [2.45, 2.75) is 25.9 Å². The molecule has 2 rings (SSSR count). The van der Waals surface area contributed by atoms with Gasteiger partial charge in [-0.25, -0.2) is 8.42 Å². The summed E-state index contributed by atoms with van der Waals surface area (Å²) in [6.45, 7) is 2.09. The SMILES string of the molecule is O=S1(=O)CCC(CNCc2cn(CCCO)nn2)C1. The third-order valence-electron chi connectivity index (χ3n) is 3.20. The van der Waals surface area contributed by atoms with Gasteiger partial charge in [0.05, 0.1) is 17.2 Å². The molecule has 1 aromatic heterocycles. The zero-order valence-corrected chi connectivity index (χ0v) is 11.6. The third kappa shape index (κ3) is 4.55. The van der Waals surface area contributed by atoms with Gasteiger partial charge in [-0.3, -0.25) is 4.68 Å². The molecule has 1 fully saturated rings. The number of aliphatic hydroxyl groups excluding tert-OH is 1. The normalized spacial score (nSPS) is 21.8. The number of hydrogen-bond donors (Lipinski definition) is 2. The molecule has 0 amide bonds. The van der Waals surface area contributed by atoms with Gasteiger partial charge in [0, 0.05) is 25.9 Å². The van der Waals surface area contributed by atoms with E-state index in [0.717, 1.165) is 12.1 Å². The number of hydrogen-bond acceptors (Lipinski definition) is 6. The van der Waals surface area contributed by atoms with E-state index in [1.54, 1.807) is 4.68 Å². The highest BCUT2D eigenvalue weighted by Crippen LogP contribution is 2.17. The van der Waals surface area contributed by atoms with E-state index in [-0.39, 0.29) is 12.5 Å². The molecule has 0 saturated carbocycles. The Balaban J connectivity index is 1.69. The summed E-state index contributed by atoms with van der Waals surface area (Å²) in [5, 5.41) is 19.9. The molecule has 1 atom stereocenters. The second-order valence-corrected chi connectivity index (χ2v) is 7.18. The number of aliphatic hydroxyl groups is 1. The molecule has 0 aromatic carbocycles. The number of sulfone groups is 1. The molecule has 1 unspecified atom stereocenters. The van der Waals surface area contributed by atoms with Crippen molar-refractivity contribution in [1.82, 2.24) is 20.3 Å². The highest BCUT2D eigenvalue weighted by Gasteiger charge is 2.27. The molecule has 1 saturated heterocycles. The Morgan fingerprint density at radius 3 is 3.05 bits per heavy atom. The van der Waals surface area contributed by atoms with Crippen LogP contribution in [0.3, 0.4) is 0 Å². The number of aromatic nitrogens is 3. The van der Waals surface area contributed by atoms with Gasteiger partial charge in [-0.2, -0.15) is 0 Å². The molecule has 19 heavy (non-hydrogen) atoms. The van der Waals surface area contributed by atoms with Crippen LogP contribution in [0.15, 0.2) is 6.20 Å². The highest BCUT2D eigenvalue weighted by atomic mass is 32.2. The molecule has 2 heterocycles. The maximum Gasteiger partial charge on any atom is 0.150 e. The van der Waals surface area contributed by atoms with Crippen LogP contribution >= 0.6 is 0 Å². The Labute approximate surface area is 112 Å². The van der Waals surface area contributed by atoms with E-state index in [1.807, 2.05) is 6.20 Å². The van der Waals surface area contributed by atoms with Crippen LogP contribution < -0.4 is 5.32 Å². The molecule has 1 aliphatic heterocycles. The largest absolute Gasteiger partial charge is 0.396 e. The monoisotopic (exact) mass is 288 g/mol. The van der Waals surface area contributed by atoms with Gasteiger partial charge in [0.15, 0.2) is 9.84 Å². The number of aryl methyl sites for hydroxylation is 1. The zero-order chi connectivity index (χ0) is 13.7. The predicted octanol–water partition coefficient (Wildman–Crippen LogP) is -0.815. The van der Waals surface area contributed by atoms with Gasteiger partial charge in [-0.1, -0.05) is 5.21 Å². The first-order valence-electron chi connectivity index (χ1n) is 6.50. The lowest BCUT2D eigenvalue weighted by Gasteiger charge is -2.07. The fourth-order valence-electron chi connectivity index (χ4n) is 2.20. The van der Waals surface area contributed by atoms with Crippen LogP contribution in [0.1, 0.15) is 18.5 Å². The summed E-state index contributed by atoms with van der Waals surface area (Å²) in [6.07, 6.45) is 3.25. The van der Waals surface area contributed by atoms with Crippen molar-refractivity contribution < 1.29 is 13.5 Å². The van der Waals surface area contributed by atoms with E-state index in [0.29, 0.717) is 37.6 Å². The molecule has 108 valence electrons. The van der Waals surface area contributed by atoms with E-state index in [1.165, 1.54) is 0 Å². The second-order valence-electron chi connectivity index (χ2n) is 4.95. The quantitative estimate of drug-likeness (QED) is 0.681. The van der Waals surface area contributed by atoms with Crippen molar-refractivity contribution in [1.29, 1.82) is 0 Å². The average Bonchev–Trinajstić information content (AvgIpc) is 2.94. The molecule has 0 radical (unpaired) electrons. The minimum Gasteiger partial charge on any atom is -0.396 e. The molecule has 1 aliphatic rings. The summed E-state index contributed by atoms with van der Waals surface area (Å²) in [6, 6.07) is 0. The van der Waals surface area contributed by atoms with Crippen molar-refractivity contribution in [2.75, 3.05) is 24.7 Å². The maximum absolute atomic E-state index is 11.3. The second kappa shape index (κ2) is 6.44. The minimum atomic E-state index is -2.79. The van der Waals surface area contributed by atoms with E-state index in [4.69, 9.17) is 5.11 Å². The fourth-order valence-corrected chi connectivity index (χ4v) is 4.06. The van der Waals surface area contributed by atoms with Crippen molar-refractivity contribution >= 4 is 9.84 Å². The van der Waals surface area contributed by atoms with Gasteiger partial charge in [-0.15, -0.1) is 5.10 Å². The molecule has 2 N–H and O–H groups in total. The first kappa shape index (κ1) is 14.4. The van der Waals surface area contributed by atoms with Gasteiger partial charge in [0.2, 0.25) is 0 Å². The summed E-state index contributed by atoms with van der Waals surface area (Å²) >= 11 is 0. The van der Waals surface area contributed by atoms with Gasteiger partial charge < -0.3 is 10.4 Å². The van der Waals surface area contributed by atoms with Crippen LogP contribution in [-0.2, 0) is 22.9 Å².